The summed E-state index contributed by atoms with van der Waals surface area (Å²) in [6, 6.07) is 20.7. The van der Waals surface area contributed by atoms with Crippen molar-refractivity contribution in [3.05, 3.63) is 83.9 Å². The number of nitrogens with one attached hydrogen (secondary N) is 1. The van der Waals surface area contributed by atoms with E-state index >= 15 is 0 Å². The number of nitrogens with zero attached hydrogens (tertiary/aromatic N) is 1. The predicted molar refractivity (Wildman–Crippen MR) is 132 cm³/mol. The molecule has 1 N–H and O–H groups in total. The van der Waals surface area contributed by atoms with E-state index in [4.69, 9.17) is 14.2 Å². The zero-order valence-corrected chi connectivity index (χ0v) is 20.5. The van der Waals surface area contributed by atoms with E-state index in [0.29, 0.717) is 49.1 Å². The minimum Gasteiger partial charge on any atom is -0.495 e. The third-order valence-electron chi connectivity index (χ3n) is 5.64. The number of rotatable bonds is 8. The molecule has 3 aromatic rings. The number of methoxy groups -OCH3 is 1. The van der Waals surface area contributed by atoms with Crippen LogP contribution in [-0.4, -0.2) is 52.0 Å². The predicted octanol–water partition coefficient (Wildman–Crippen LogP) is 3.78. The smallest absolute Gasteiger partial charge is 0.270 e. The molecule has 1 fully saturated rings. The van der Waals surface area contributed by atoms with Crippen molar-refractivity contribution in [1.29, 1.82) is 0 Å². The lowest BCUT2D eigenvalue weighted by atomic mass is 10.1. The average Bonchev–Trinajstić information content (AvgIpc) is 2.88. The number of amides is 1. The summed E-state index contributed by atoms with van der Waals surface area (Å²) in [6.45, 7) is 3.31. The number of benzene rings is 3. The van der Waals surface area contributed by atoms with Gasteiger partial charge in [0, 0.05) is 18.7 Å². The van der Waals surface area contributed by atoms with Gasteiger partial charge >= 0.3 is 0 Å². The number of ether oxygens (including phenoxy) is 3. The van der Waals surface area contributed by atoms with Gasteiger partial charge in [-0.25, -0.2) is 8.42 Å². The van der Waals surface area contributed by atoms with Gasteiger partial charge in [0.1, 0.15) is 11.5 Å². The molecule has 3 aromatic carbocycles. The molecule has 1 atom stereocenters. The summed E-state index contributed by atoms with van der Waals surface area (Å²) in [5.41, 5.74) is 2.16. The molecule has 0 aliphatic carbocycles. The molecular weight excluding hydrogens is 468 g/mol. The van der Waals surface area contributed by atoms with E-state index in [9.17, 15) is 13.2 Å². The first-order valence-electron chi connectivity index (χ1n) is 11.2. The Hall–Kier alpha value is -3.40. The molecule has 0 bridgehead atoms. The van der Waals surface area contributed by atoms with Crippen LogP contribution in [0.25, 0.3) is 0 Å². The summed E-state index contributed by atoms with van der Waals surface area (Å²) >= 11 is 0. The van der Waals surface area contributed by atoms with Crippen molar-refractivity contribution < 1.29 is 27.4 Å². The lowest BCUT2D eigenvalue weighted by molar-refractivity contribution is -0.123. The fourth-order valence-electron chi connectivity index (χ4n) is 3.78. The number of aryl methyl sites for hydroxylation is 1. The van der Waals surface area contributed by atoms with Crippen molar-refractivity contribution in [2.24, 2.45) is 0 Å². The standard InChI is InChI=1S/C26H28N2O6S/c1-19-8-13-24(32-2)23(18-19)27-26(29)25(20-6-4-3-5-7-20)34-21-9-11-22(12-10-21)35(30,31)28-14-16-33-17-15-28/h3-13,18,25H,14-17H2,1-2H3,(H,27,29)/t25-/m1/s1. The van der Waals surface area contributed by atoms with Crippen LogP contribution >= 0.6 is 0 Å². The Labute approximate surface area is 205 Å². The molecule has 1 saturated heterocycles. The monoisotopic (exact) mass is 496 g/mol. The molecule has 0 radical (unpaired) electrons. The molecule has 1 aliphatic heterocycles. The van der Waals surface area contributed by atoms with Crippen LogP contribution in [-0.2, 0) is 19.6 Å². The van der Waals surface area contributed by atoms with Gasteiger partial charge in [0.05, 0.1) is 30.9 Å². The third-order valence-corrected chi connectivity index (χ3v) is 7.55. The second-order valence-electron chi connectivity index (χ2n) is 8.09. The number of carbonyl (C=O) groups excluding carboxylic acids is 1. The number of hydrogen-bond acceptors (Lipinski definition) is 6. The van der Waals surface area contributed by atoms with Gasteiger partial charge in [-0.2, -0.15) is 4.31 Å². The molecular formula is C26H28N2O6S. The van der Waals surface area contributed by atoms with Crippen molar-refractivity contribution in [2.45, 2.75) is 17.9 Å². The van der Waals surface area contributed by atoms with E-state index < -0.39 is 16.1 Å². The Bertz CT molecular complexity index is 1260. The summed E-state index contributed by atoms with van der Waals surface area (Å²) in [6.07, 6.45) is -0.969. The van der Waals surface area contributed by atoms with Crippen molar-refractivity contribution in [1.82, 2.24) is 4.31 Å². The molecule has 9 heteroatoms. The molecule has 0 saturated carbocycles. The SMILES string of the molecule is COc1ccc(C)cc1NC(=O)[C@H](Oc1ccc(S(=O)(=O)N2CCOCC2)cc1)c1ccccc1. The summed E-state index contributed by atoms with van der Waals surface area (Å²) in [7, 11) is -2.08. The molecule has 8 nitrogen and oxygen atoms in total. The number of hydrogen-bond donors (Lipinski definition) is 1. The summed E-state index contributed by atoms with van der Waals surface area (Å²) in [4.78, 5) is 13.5. The summed E-state index contributed by atoms with van der Waals surface area (Å²) < 4.78 is 43.9. The van der Waals surface area contributed by atoms with Crippen molar-refractivity contribution >= 4 is 21.6 Å². The number of sulfonamides is 1. The summed E-state index contributed by atoms with van der Waals surface area (Å²) in [5.74, 6) is 0.518. The zero-order chi connectivity index (χ0) is 24.8. The van der Waals surface area contributed by atoms with Crippen molar-refractivity contribution in [2.75, 3.05) is 38.7 Å². The molecule has 0 aromatic heterocycles. The minimum atomic E-state index is -3.62. The maximum absolute atomic E-state index is 13.3. The largest absolute Gasteiger partial charge is 0.495 e. The van der Waals surface area contributed by atoms with Gasteiger partial charge in [-0.3, -0.25) is 4.79 Å². The third kappa shape index (κ3) is 5.82. The lowest BCUT2D eigenvalue weighted by Crippen LogP contribution is -2.40. The Morgan fingerprint density at radius 1 is 1.00 bits per heavy atom. The highest BCUT2D eigenvalue weighted by molar-refractivity contribution is 7.89. The quantitative estimate of drug-likeness (QED) is 0.510. The van der Waals surface area contributed by atoms with E-state index in [-0.39, 0.29) is 10.8 Å². The number of carbonyl (C=O) groups is 1. The first-order chi connectivity index (χ1) is 16.9. The van der Waals surface area contributed by atoms with E-state index in [1.807, 2.05) is 37.3 Å². The highest BCUT2D eigenvalue weighted by Crippen LogP contribution is 2.29. The average molecular weight is 497 g/mol. The molecule has 0 unspecified atom stereocenters. The van der Waals surface area contributed by atoms with Gasteiger partial charge in [0.15, 0.2) is 0 Å². The van der Waals surface area contributed by atoms with Crippen LogP contribution in [0.1, 0.15) is 17.2 Å². The number of anilines is 1. The van der Waals surface area contributed by atoms with Crippen LogP contribution in [0.3, 0.4) is 0 Å². The van der Waals surface area contributed by atoms with Crippen LogP contribution in [0, 0.1) is 6.92 Å². The molecule has 1 aliphatic rings. The minimum absolute atomic E-state index is 0.164. The maximum Gasteiger partial charge on any atom is 0.270 e. The molecule has 184 valence electrons. The van der Waals surface area contributed by atoms with Crippen LogP contribution in [0.15, 0.2) is 77.7 Å². The second-order valence-corrected chi connectivity index (χ2v) is 10.0. The fraction of sp³-hybridized carbons (Fsp3) is 0.269. The Morgan fingerprint density at radius 2 is 1.69 bits per heavy atom. The van der Waals surface area contributed by atoms with E-state index in [2.05, 4.69) is 5.32 Å². The number of morpholine rings is 1. The second kappa shape index (κ2) is 10.9. The van der Waals surface area contributed by atoms with Gasteiger partial charge in [0.2, 0.25) is 16.1 Å². The Morgan fingerprint density at radius 3 is 2.34 bits per heavy atom. The molecule has 4 rings (SSSR count). The van der Waals surface area contributed by atoms with Crippen molar-refractivity contribution in [3.63, 3.8) is 0 Å². The van der Waals surface area contributed by atoms with Crippen LogP contribution in [0.5, 0.6) is 11.5 Å². The first-order valence-corrected chi connectivity index (χ1v) is 12.7. The van der Waals surface area contributed by atoms with E-state index in [1.54, 1.807) is 30.3 Å². The highest BCUT2D eigenvalue weighted by Gasteiger charge is 2.27. The molecule has 1 heterocycles. The first kappa shape index (κ1) is 24.7. The molecule has 35 heavy (non-hydrogen) atoms. The van der Waals surface area contributed by atoms with Gasteiger partial charge in [-0.05, 0) is 48.9 Å². The van der Waals surface area contributed by atoms with Crippen LogP contribution in [0.2, 0.25) is 0 Å². The Kier molecular flexibility index (Phi) is 7.70. The lowest BCUT2D eigenvalue weighted by Gasteiger charge is -2.26. The van der Waals surface area contributed by atoms with E-state index in [1.165, 1.54) is 23.5 Å². The van der Waals surface area contributed by atoms with Crippen molar-refractivity contribution in [3.8, 4) is 11.5 Å². The topological polar surface area (TPSA) is 94.2 Å². The van der Waals surface area contributed by atoms with Crippen LogP contribution in [0.4, 0.5) is 5.69 Å². The zero-order valence-electron chi connectivity index (χ0n) is 19.6. The van der Waals surface area contributed by atoms with E-state index in [0.717, 1.165) is 5.56 Å². The Balaban J connectivity index is 1.57. The van der Waals surface area contributed by atoms with Gasteiger partial charge in [-0.15, -0.1) is 0 Å². The molecule has 1 amide bonds. The maximum atomic E-state index is 13.3. The van der Waals surface area contributed by atoms with Gasteiger partial charge < -0.3 is 19.5 Å². The van der Waals surface area contributed by atoms with Crippen LogP contribution < -0.4 is 14.8 Å². The molecule has 0 spiro atoms. The van der Waals surface area contributed by atoms with Gasteiger partial charge in [-0.1, -0.05) is 36.4 Å². The summed E-state index contributed by atoms with van der Waals surface area (Å²) in [5, 5.41) is 2.90. The fourth-order valence-corrected chi connectivity index (χ4v) is 5.19. The van der Waals surface area contributed by atoms with Gasteiger partial charge in [0.25, 0.3) is 5.91 Å². The highest BCUT2D eigenvalue weighted by atomic mass is 32.2. The normalized spacial score (nSPS) is 15.3.